The van der Waals surface area contributed by atoms with E-state index in [1.165, 1.54) is 21.9 Å². The monoisotopic (exact) mass is 589 g/mol. The van der Waals surface area contributed by atoms with Crippen LogP contribution in [0.3, 0.4) is 0 Å². The number of benzene rings is 7. The summed E-state index contributed by atoms with van der Waals surface area (Å²) in [5.74, 6) is 0.583. The Morgan fingerprint density at radius 2 is 1.00 bits per heavy atom. The van der Waals surface area contributed by atoms with E-state index in [4.69, 9.17) is 4.98 Å². The zero-order valence-electron chi connectivity index (χ0n) is 24.8. The average molecular weight is 590 g/mol. The summed E-state index contributed by atoms with van der Waals surface area (Å²) in [5.41, 5.74) is 6.57. The first-order chi connectivity index (χ1) is 22.8. The Labute approximate surface area is 265 Å². The molecule has 0 saturated heterocycles. The Bertz CT molecular complexity index is 2610. The predicted octanol–water partition coefficient (Wildman–Crippen LogP) is 9.97. The van der Waals surface area contributed by atoms with Crippen LogP contribution >= 0.6 is 0 Å². The van der Waals surface area contributed by atoms with Crippen LogP contribution in [0.5, 0.6) is 0 Å². The molecule has 0 spiro atoms. The van der Waals surface area contributed by atoms with Gasteiger partial charge in [-0.1, -0.05) is 121 Å². The molecule has 4 nitrogen and oxygen atoms in total. The third-order valence-corrected chi connectivity index (χ3v) is 8.95. The zero-order chi connectivity index (χ0) is 30.6. The molecule has 216 valence electrons. The van der Waals surface area contributed by atoms with E-state index >= 15 is 0 Å². The maximum Gasteiger partial charge on any atom is 0.339 e. The number of aromatic nitrogens is 3. The lowest BCUT2D eigenvalue weighted by molar-refractivity contribution is 0.906. The van der Waals surface area contributed by atoms with Crippen LogP contribution in [0.1, 0.15) is 0 Å². The fourth-order valence-electron chi connectivity index (χ4n) is 6.94. The van der Waals surface area contributed by atoms with Gasteiger partial charge in [-0.15, -0.1) is 0 Å². The van der Waals surface area contributed by atoms with Gasteiger partial charge in [0.2, 0.25) is 0 Å². The minimum Gasteiger partial charge on any atom is -0.260 e. The first kappa shape index (κ1) is 26.2. The number of para-hydroxylation sites is 3. The molecule has 2 aromatic heterocycles. The van der Waals surface area contributed by atoms with Gasteiger partial charge in [0.05, 0.1) is 22.4 Å². The van der Waals surface area contributed by atoms with Crippen molar-refractivity contribution in [1.29, 1.82) is 0 Å². The lowest BCUT2D eigenvalue weighted by atomic mass is 9.87. The minimum atomic E-state index is -0.154. The molecule has 0 aliphatic heterocycles. The van der Waals surface area contributed by atoms with Gasteiger partial charge >= 0.3 is 5.69 Å². The van der Waals surface area contributed by atoms with Crippen molar-refractivity contribution < 1.29 is 0 Å². The van der Waals surface area contributed by atoms with Crippen molar-refractivity contribution in [2.45, 2.75) is 0 Å². The molecule has 0 saturated carbocycles. The predicted molar refractivity (Wildman–Crippen MR) is 190 cm³/mol. The first-order valence-corrected chi connectivity index (χ1v) is 15.4. The highest BCUT2D eigenvalue weighted by Crippen LogP contribution is 2.43. The fraction of sp³-hybridized carbons (Fsp3) is 0. The molecule has 0 fully saturated rings. The first-order valence-electron chi connectivity index (χ1n) is 15.4. The van der Waals surface area contributed by atoms with Crippen molar-refractivity contribution >= 4 is 43.4 Å². The molecule has 2 heterocycles. The van der Waals surface area contributed by atoms with Gasteiger partial charge in [-0.05, 0) is 85.9 Å². The van der Waals surface area contributed by atoms with Crippen LogP contribution in [0.25, 0.3) is 77.2 Å². The van der Waals surface area contributed by atoms with Gasteiger partial charge < -0.3 is 0 Å². The molecule has 46 heavy (non-hydrogen) atoms. The van der Waals surface area contributed by atoms with Crippen LogP contribution in [0.4, 0.5) is 0 Å². The Hall–Kier alpha value is -6.26. The van der Waals surface area contributed by atoms with Crippen LogP contribution in [-0.4, -0.2) is 14.1 Å². The van der Waals surface area contributed by atoms with Gasteiger partial charge in [-0.25, -0.2) is 14.3 Å². The standard InChI is InChI=1S/C42H27N3O/c46-42-44(31-15-2-1-3-16-31)37-22-10-11-23-38(37)45(42)39-24-12-21-36(43-39)41-34-19-8-6-17-32(34)40(33-18-7-9-20-35(33)41)30-26-25-28-13-4-5-14-29(28)27-30/h1-27H. The van der Waals surface area contributed by atoms with Crippen molar-refractivity contribution in [2.75, 3.05) is 0 Å². The summed E-state index contributed by atoms with van der Waals surface area (Å²) in [7, 11) is 0. The molecule has 0 unspecified atom stereocenters. The molecular formula is C42H27N3O. The van der Waals surface area contributed by atoms with E-state index in [0.29, 0.717) is 5.82 Å². The molecule has 0 radical (unpaired) electrons. The molecule has 0 N–H and O–H groups in total. The quantitative estimate of drug-likeness (QED) is 0.192. The third kappa shape index (κ3) is 4.01. The van der Waals surface area contributed by atoms with E-state index in [1.807, 2.05) is 66.7 Å². The molecule has 9 rings (SSSR count). The number of hydrogen-bond acceptors (Lipinski definition) is 2. The van der Waals surface area contributed by atoms with Crippen LogP contribution in [0.2, 0.25) is 0 Å². The second-order valence-electron chi connectivity index (χ2n) is 11.6. The Kier molecular flexibility index (Phi) is 5.93. The van der Waals surface area contributed by atoms with Crippen molar-refractivity contribution in [3.63, 3.8) is 0 Å². The summed E-state index contributed by atoms with van der Waals surface area (Å²) in [6.07, 6.45) is 0. The normalized spacial score (nSPS) is 11.6. The Morgan fingerprint density at radius 3 is 1.70 bits per heavy atom. The van der Waals surface area contributed by atoms with E-state index in [2.05, 4.69) is 97.1 Å². The van der Waals surface area contributed by atoms with Crippen molar-refractivity contribution in [3.05, 3.63) is 174 Å². The van der Waals surface area contributed by atoms with Crippen molar-refractivity contribution in [3.8, 4) is 33.9 Å². The zero-order valence-corrected chi connectivity index (χ0v) is 24.8. The SMILES string of the molecule is O=c1n(-c2ccccc2)c2ccccc2n1-c1cccc(-c2c3ccccc3c(-c3ccc4ccccc4c3)c3ccccc23)n1. The second-order valence-corrected chi connectivity index (χ2v) is 11.6. The molecule has 0 aliphatic carbocycles. The highest BCUT2D eigenvalue weighted by Gasteiger charge is 2.20. The molecule has 0 atom stereocenters. The second kappa shape index (κ2) is 10.4. The van der Waals surface area contributed by atoms with Crippen LogP contribution < -0.4 is 5.69 Å². The van der Waals surface area contributed by atoms with Crippen LogP contribution in [0, 0.1) is 0 Å². The molecule has 4 heteroatoms. The Balaban J connectivity index is 1.31. The van der Waals surface area contributed by atoms with Crippen LogP contribution in [-0.2, 0) is 0 Å². The maximum atomic E-state index is 14.1. The van der Waals surface area contributed by atoms with Gasteiger partial charge in [0, 0.05) is 5.56 Å². The van der Waals surface area contributed by atoms with E-state index in [9.17, 15) is 4.79 Å². The number of nitrogens with zero attached hydrogens (tertiary/aromatic N) is 3. The van der Waals surface area contributed by atoms with E-state index < -0.39 is 0 Å². The van der Waals surface area contributed by atoms with E-state index in [1.54, 1.807) is 9.13 Å². The van der Waals surface area contributed by atoms with Gasteiger partial charge in [0.25, 0.3) is 0 Å². The third-order valence-electron chi connectivity index (χ3n) is 8.95. The van der Waals surface area contributed by atoms with Gasteiger partial charge in [-0.2, -0.15) is 0 Å². The van der Waals surface area contributed by atoms with Gasteiger partial charge in [0.15, 0.2) is 0 Å². The lowest BCUT2D eigenvalue weighted by Crippen LogP contribution is -2.22. The number of rotatable bonds is 4. The van der Waals surface area contributed by atoms with Gasteiger partial charge in [0.1, 0.15) is 5.82 Å². The molecule has 7 aromatic carbocycles. The highest BCUT2D eigenvalue weighted by molar-refractivity contribution is 6.21. The minimum absolute atomic E-state index is 0.154. The molecular weight excluding hydrogens is 562 g/mol. The largest absolute Gasteiger partial charge is 0.339 e. The number of fused-ring (bicyclic) bond motifs is 4. The van der Waals surface area contributed by atoms with Gasteiger partial charge in [-0.3, -0.25) is 4.57 Å². The summed E-state index contributed by atoms with van der Waals surface area (Å²) in [6.45, 7) is 0. The smallest absolute Gasteiger partial charge is 0.260 e. The summed E-state index contributed by atoms with van der Waals surface area (Å²) in [5, 5.41) is 7.00. The number of imidazole rings is 1. The number of hydrogen-bond donors (Lipinski definition) is 0. The van der Waals surface area contributed by atoms with Crippen LogP contribution in [0.15, 0.2) is 169 Å². The van der Waals surface area contributed by atoms with E-state index in [-0.39, 0.29) is 5.69 Å². The topological polar surface area (TPSA) is 39.8 Å². The number of pyridine rings is 1. The molecule has 0 aliphatic rings. The maximum absolute atomic E-state index is 14.1. The summed E-state index contributed by atoms with van der Waals surface area (Å²) >= 11 is 0. The summed E-state index contributed by atoms with van der Waals surface area (Å²) < 4.78 is 3.48. The highest BCUT2D eigenvalue weighted by atomic mass is 16.1. The van der Waals surface area contributed by atoms with E-state index in [0.717, 1.165) is 49.5 Å². The molecule has 0 bridgehead atoms. The van der Waals surface area contributed by atoms with Crippen molar-refractivity contribution in [1.82, 2.24) is 14.1 Å². The summed E-state index contributed by atoms with van der Waals surface area (Å²) in [4.78, 5) is 19.4. The molecule has 0 amide bonds. The Morgan fingerprint density at radius 1 is 0.435 bits per heavy atom. The van der Waals surface area contributed by atoms with Crippen molar-refractivity contribution in [2.24, 2.45) is 0 Å². The fourth-order valence-corrected chi connectivity index (χ4v) is 6.94. The summed E-state index contributed by atoms with van der Waals surface area (Å²) in [6, 6.07) is 56.0. The average Bonchev–Trinajstić information content (AvgIpc) is 3.42. The molecule has 9 aromatic rings. The lowest BCUT2D eigenvalue weighted by Gasteiger charge is -2.18.